The van der Waals surface area contributed by atoms with Gasteiger partial charge in [0.15, 0.2) is 17.0 Å². The number of anilines is 1. The number of ketones is 1. The summed E-state index contributed by atoms with van der Waals surface area (Å²) in [5.41, 5.74) is 1.65. The van der Waals surface area contributed by atoms with Gasteiger partial charge in [-0.05, 0) is 38.1 Å². The fourth-order valence-corrected chi connectivity index (χ4v) is 3.20. The summed E-state index contributed by atoms with van der Waals surface area (Å²) in [5, 5.41) is 15.7. The number of aromatic nitrogens is 1. The SMILES string of the molecule is CC(=O)c1ccc(O[C@@H](C)C(=O)Nc2nc(-c3cccc([N+](=O)[O-])c3)cs2)cc1. The third-order valence-electron chi connectivity index (χ3n) is 4.03. The summed E-state index contributed by atoms with van der Waals surface area (Å²) >= 11 is 1.21. The quantitative estimate of drug-likeness (QED) is 0.352. The average molecular weight is 411 g/mol. The molecule has 1 N–H and O–H groups in total. The van der Waals surface area contributed by atoms with Gasteiger partial charge in [-0.3, -0.25) is 25.0 Å². The topological polar surface area (TPSA) is 111 Å². The van der Waals surface area contributed by atoms with Gasteiger partial charge in [-0.15, -0.1) is 11.3 Å². The number of Topliss-reactive ketones (excluding diaryl/α,β-unsaturated/α-hetero) is 1. The molecule has 2 aromatic carbocycles. The molecule has 0 aliphatic rings. The van der Waals surface area contributed by atoms with Crippen LogP contribution in [0.5, 0.6) is 5.75 Å². The van der Waals surface area contributed by atoms with Crippen molar-refractivity contribution in [3.05, 3.63) is 69.6 Å². The Hall–Kier alpha value is -3.59. The van der Waals surface area contributed by atoms with Gasteiger partial charge in [-0.25, -0.2) is 4.98 Å². The number of nitro benzene ring substituents is 1. The van der Waals surface area contributed by atoms with Crippen LogP contribution in [0.3, 0.4) is 0 Å². The highest BCUT2D eigenvalue weighted by molar-refractivity contribution is 7.14. The molecule has 148 valence electrons. The maximum absolute atomic E-state index is 12.4. The highest BCUT2D eigenvalue weighted by Crippen LogP contribution is 2.27. The second-order valence-corrected chi connectivity index (χ2v) is 7.03. The predicted octanol–water partition coefficient (Wildman–Crippen LogP) is 4.33. The number of ether oxygens (including phenoxy) is 1. The fourth-order valence-electron chi connectivity index (χ4n) is 2.48. The lowest BCUT2D eigenvalue weighted by Crippen LogP contribution is -2.30. The van der Waals surface area contributed by atoms with E-state index >= 15 is 0 Å². The van der Waals surface area contributed by atoms with E-state index in [1.807, 2.05) is 0 Å². The Labute approximate surface area is 170 Å². The zero-order chi connectivity index (χ0) is 21.0. The number of non-ortho nitro benzene ring substituents is 1. The van der Waals surface area contributed by atoms with Crippen molar-refractivity contribution in [2.45, 2.75) is 20.0 Å². The molecule has 0 aliphatic carbocycles. The van der Waals surface area contributed by atoms with E-state index in [1.54, 1.807) is 48.7 Å². The van der Waals surface area contributed by atoms with Crippen molar-refractivity contribution >= 4 is 33.8 Å². The number of amides is 1. The van der Waals surface area contributed by atoms with Gasteiger partial charge in [0.1, 0.15) is 5.75 Å². The molecule has 1 amide bonds. The van der Waals surface area contributed by atoms with Gasteiger partial charge in [-0.2, -0.15) is 0 Å². The van der Waals surface area contributed by atoms with Crippen molar-refractivity contribution < 1.29 is 19.2 Å². The molecule has 0 saturated heterocycles. The second-order valence-electron chi connectivity index (χ2n) is 6.18. The number of nitrogens with one attached hydrogen (secondary N) is 1. The molecular weight excluding hydrogens is 394 g/mol. The minimum atomic E-state index is -0.789. The highest BCUT2D eigenvalue weighted by atomic mass is 32.1. The van der Waals surface area contributed by atoms with Crippen LogP contribution in [-0.4, -0.2) is 27.7 Å². The molecule has 0 bridgehead atoms. The summed E-state index contributed by atoms with van der Waals surface area (Å²) < 4.78 is 5.60. The van der Waals surface area contributed by atoms with Crippen molar-refractivity contribution in [1.29, 1.82) is 0 Å². The Bertz CT molecular complexity index is 1060. The first-order chi connectivity index (χ1) is 13.8. The molecular formula is C20H17N3O5S. The first kappa shape index (κ1) is 20.2. The normalized spacial score (nSPS) is 11.5. The lowest BCUT2D eigenvalue weighted by molar-refractivity contribution is -0.384. The molecule has 1 heterocycles. The molecule has 1 aromatic heterocycles. The monoisotopic (exact) mass is 411 g/mol. The molecule has 29 heavy (non-hydrogen) atoms. The average Bonchev–Trinajstić information content (AvgIpc) is 3.17. The van der Waals surface area contributed by atoms with Crippen LogP contribution in [0.4, 0.5) is 10.8 Å². The third kappa shape index (κ3) is 5.02. The Morgan fingerprint density at radius 3 is 2.59 bits per heavy atom. The minimum Gasteiger partial charge on any atom is -0.481 e. The number of hydrogen-bond donors (Lipinski definition) is 1. The summed E-state index contributed by atoms with van der Waals surface area (Å²) in [5.74, 6) is 0.0281. The molecule has 3 rings (SSSR count). The molecule has 0 spiro atoms. The summed E-state index contributed by atoms with van der Waals surface area (Å²) in [6, 6.07) is 12.7. The molecule has 3 aromatic rings. The van der Waals surface area contributed by atoms with E-state index in [2.05, 4.69) is 10.3 Å². The van der Waals surface area contributed by atoms with Crippen LogP contribution in [-0.2, 0) is 4.79 Å². The van der Waals surface area contributed by atoms with E-state index in [-0.39, 0.29) is 17.4 Å². The van der Waals surface area contributed by atoms with Gasteiger partial charge in [0, 0.05) is 28.6 Å². The zero-order valence-corrected chi connectivity index (χ0v) is 16.4. The predicted molar refractivity (Wildman–Crippen MR) is 109 cm³/mol. The van der Waals surface area contributed by atoms with Crippen LogP contribution in [0.25, 0.3) is 11.3 Å². The van der Waals surface area contributed by atoms with Crippen molar-refractivity contribution in [3.63, 3.8) is 0 Å². The number of carbonyl (C=O) groups excluding carboxylic acids is 2. The minimum absolute atomic E-state index is 0.0288. The number of nitrogens with zero attached hydrogens (tertiary/aromatic N) is 2. The van der Waals surface area contributed by atoms with E-state index in [0.29, 0.717) is 27.7 Å². The Morgan fingerprint density at radius 2 is 1.93 bits per heavy atom. The molecule has 0 radical (unpaired) electrons. The molecule has 0 saturated carbocycles. The van der Waals surface area contributed by atoms with Crippen LogP contribution in [0.2, 0.25) is 0 Å². The van der Waals surface area contributed by atoms with E-state index in [9.17, 15) is 19.7 Å². The van der Waals surface area contributed by atoms with Crippen molar-refractivity contribution in [2.24, 2.45) is 0 Å². The van der Waals surface area contributed by atoms with Gasteiger partial charge in [-0.1, -0.05) is 12.1 Å². The van der Waals surface area contributed by atoms with Gasteiger partial charge in [0.2, 0.25) is 0 Å². The van der Waals surface area contributed by atoms with Crippen LogP contribution in [0.15, 0.2) is 53.9 Å². The number of benzene rings is 2. The van der Waals surface area contributed by atoms with E-state index in [0.717, 1.165) is 0 Å². The highest BCUT2D eigenvalue weighted by Gasteiger charge is 2.17. The molecule has 8 nitrogen and oxygen atoms in total. The van der Waals surface area contributed by atoms with Crippen LogP contribution in [0.1, 0.15) is 24.2 Å². The number of thiazole rings is 1. The fraction of sp³-hybridized carbons (Fsp3) is 0.150. The van der Waals surface area contributed by atoms with Crippen molar-refractivity contribution in [2.75, 3.05) is 5.32 Å². The van der Waals surface area contributed by atoms with Gasteiger partial charge in [0.25, 0.3) is 11.6 Å². The van der Waals surface area contributed by atoms with Gasteiger partial charge in [0.05, 0.1) is 10.6 Å². The summed E-state index contributed by atoms with van der Waals surface area (Å²) in [4.78, 5) is 38.4. The summed E-state index contributed by atoms with van der Waals surface area (Å²) in [7, 11) is 0. The Morgan fingerprint density at radius 1 is 1.21 bits per heavy atom. The molecule has 0 aliphatic heterocycles. The number of nitro groups is 1. The van der Waals surface area contributed by atoms with Crippen LogP contribution < -0.4 is 10.1 Å². The van der Waals surface area contributed by atoms with Gasteiger partial charge < -0.3 is 4.74 Å². The summed E-state index contributed by atoms with van der Waals surface area (Å²) in [6.07, 6.45) is -0.789. The second kappa shape index (κ2) is 8.61. The number of hydrogen-bond acceptors (Lipinski definition) is 7. The van der Waals surface area contributed by atoms with Crippen molar-refractivity contribution in [1.82, 2.24) is 4.98 Å². The van der Waals surface area contributed by atoms with E-state index in [1.165, 1.54) is 30.4 Å². The largest absolute Gasteiger partial charge is 0.481 e. The van der Waals surface area contributed by atoms with E-state index < -0.39 is 11.0 Å². The lowest BCUT2D eigenvalue weighted by Gasteiger charge is -2.13. The maximum Gasteiger partial charge on any atom is 0.270 e. The first-order valence-electron chi connectivity index (χ1n) is 8.62. The summed E-state index contributed by atoms with van der Waals surface area (Å²) in [6.45, 7) is 3.07. The number of carbonyl (C=O) groups is 2. The van der Waals surface area contributed by atoms with Gasteiger partial charge >= 0.3 is 0 Å². The maximum atomic E-state index is 12.4. The smallest absolute Gasteiger partial charge is 0.270 e. The third-order valence-corrected chi connectivity index (χ3v) is 4.79. The van der Waals surface area contributed by atoms with Crippen LogP contribution >= 0.6 is 11.3 Å². The molecule has 9 heteroatoms. The molecule has 0 unspecified atom stereocenters. The number of rotatable bonds is 7. The standard InChI is InChI=1S/C20H17N3O5S/c1-12(24)14-6-8-17(9-7-14)28-13(2)19(25)22-20-21-18(11-29-20)15-4-3-5-16(10-15)23(26)27/h3-11,13H,1-2H3,(H,21,22,25)/t13-/m0/s1. The molecule has 0 fully saturated rings. The molecule has 1 atom stereocenters. The zero-order valence-electron chi connectivity index (χ0n) is 15.6. The van der Waals surface area contributed by atoms with Crippen LogP contribution in [0, 0.1) is 10.1 Å². The Kier molecular flexibility index (Phi) is 5.99. The van der Waals surface area contributed by atoms with E-state index in [4.69, 9.17) is 4.74 Å². The first-order valence-corrected chi connectivity index (χ1v) is 9.50. The Balaban J connectivity index is 1.64. The lowest BCUT2D eigenvalue weighted by atomic mass is 10.1. The van der Waals surface area contributed by atoms with Crippen molar-refractivity contribution in [3.8, 4) is 17.0 Å².